The molecule has 0 N–H and O–H groups in total. The molecular formula is C14H21Li2P. The van der Waals surface area contributed by atoms with Crippen LogP contribution in [0, 0.1) is 0 Å². The van der Waals surface area contributed by atoms with Gasteiger partial charge in [0, 0.05) is 0 Å². The fourth-order valence-corrected chi connectivity index (χ4v) is 2.18. The molecular weight excluding hydrogens is 213 g/mol. The molecule has 0 radical (unpaired) electrons. The smallest absolute Gasteiger partial charge is 1.00 e. The second-order valence-corrected chi connectivity index (χ2v) is 6.71. The summed E-state index contributed by atoms with van der Waals surface area (Å²) in [5, 5.41) is 1.11. The van der Waals surface area contributed by atoms with E-state index < -0.39 is 0 Å². The fraction of sp³-hybridized carbons (Fsp3) is 0.571. The van der Waals surface area contributed by atoms with Crippen molar-refractivity contribution in [3.8, 4) is 0 Å². The van der Waals surface area contributed by atoms with Gasteiger partial charge in [-0.2, -0.15) is 0 Å². The van der Waals surface area contributed by atoms with Crippen LogP contribution in [0.5, 0.6) is 0 Å². The van der Waals surface area contributed by atoms with Crippen LogP contribution in [0.1, 0.15) is 52.7 Å². The summed E-state index contributed by atoms with van der Waals surface area (Å²) >= 11 is 0. The maximum absolute atomic E-state index is 4.59. The standard InChI is InChI=1S/C14H21P.2Li/c1-13(2,3)10-7-8-11(12(15)9-10)14(4,5)6;;/h7-9H,1-6H3;;/q-2;2*+1. The van der Waals surface area contributed by atoms with E-state index in [1.807, 2.05) is 0 Å². The Balaban J connectivity index is 0. The zero-order valence-corrected chi connectivity index (χ0v) is 13.6. The van der Waals surface area contributed by atoms with Gasteiger partial charge in [-0.05, 0) is 16.4 Å². The van der Waals surface area contributed by atoms with Crippen LogP contribution in [-0.4, -0.2) is 0 Å². The first-order chi connectivity index (χ1) is 6.62. The number of rotatable bonds is 0. The van der Waals surface area contributed by atoms with Crippen LogP contribution in [0.2, 0.25) is 0 Å². The Kier molecular flexibility index (Phi) is 8.13. The first kappa shape index (κ1) is 20.2. The molecule has 84 valence electrons. The summed E-state index contributed by atoms with van der Waals surface area (Å²) in [4.78, 5) is 0. The van der Waals surface area contributed by atoms with E-state index in [0.29, 0.717) is 0 Å². The Morgan fingerprint density at radius 3 is 1.59 bits per heavy atom. The maximum atomic E-state index is 4.59. The zero-order chi connectivity index (χ0) is 11.9. The largest absolute Gasteiger partial charge is 1.45 e. The Morgan fingerprint density at radius 1 is 0.824 bits per heavy atom. The van der Waals surface area contributed by atoms with Gasteiger partial charge in [-0.1, -0.05) is 59.2 Å². The van der Waals surface area contributed by atoms with Gasteiger partial charge in [0.05, 0.1) is 0 Å². The third-order valence-electron chi connectivity index (χ3n) is 2.67. The van der Waals surface area contributed by atoms with Crippen molar-refractivity contribution in [1.29, 1.82) is 0 Å². The van der Waals surface area contributed by atoms with Crippen molar-refractivity contribution in [2.45, 2.75) is 52.4 Å². The molecule has 17 heavy (non-hydrogen) atoms. The Bertz CT molecular complexity index is 359. The van der Waals surface area contributed by atoms with Crippen molar-refractivity contribution >= 4 is 14.5 Å². The Hall–Kier alpha value is 0.845. The Morgan fingerprint density at radius 2 is 1.29 bits per heavy atom. The molecule has 1 aromatic carbocycles. The summed E-state index contributed by atoms with van der Waals surface area (Å²) < 4.78 is 0. The van der Waals surface area contributed by atoms with E-state index in [1.54, 1.807) is 0 Å². The van der Waals surface area contributed by atoms with Gasteiger partial charge in [-0.3, -0.25) is 0 Å². The monoisotopic (exact) mass is 234 g/mol. The zero-order valence-electron chi connectivity index (χ0n) is 12.7. The van der Waals surface area contributed by atoms with Crippen molar-refractivity contribution in [2.75, 3.05) is 0 Å². The van der Waals surface area contributed by atoms with Crippen LogP contribution in [-0.2, 0) is 10.8 Å². The molecule has 0 saturated carbocycles. The van der Waals surface area contributed by atoms with Crippen LogP contribution in [0.3, 0.4) is 0 Å². The van der Waals surface area contributed by atoms with E-state index >= 15 is 0 Å². The quantitative estimate of drug-likeness (QED) is 0.372. The fourth-order valence-electron chi connectivity index (χ4n) is 1.63. The predicted molar refractivity (Wildman–Crippen MR) is 70.4 cm³/mol. The molecule has 0 aromatic heterocycles. The number of hydrogen-bond acceptors (Lipinski definition) is 0. The second kappa shape index (κ2) is 6.85. The van der Waals surface area contributed by atoms with Gasteiger partial charge in [-0.25, -0.2) is 0 Å². The second-order valence-electron chi connectivity index (χ2n) is 6.23. The van der Waals surface area contributed by atoms with Gasteiger partial charge >= 0.3 is 37.7 Å². The van der Waals surface area contributed by atoms with E-state index in [0.717, 1.165) is 5.30 Å². The van der Waals surface area contributed by atoms with E-state index in [4.69, 9.17) is 0 Å². The molecule has 0 aliphatic heterocycles. The Labute approximate surface area is 133 Å². The first-order valence-corrected chi connectivity index (χ1v) is 5.91. The minimum atomic E-state index is 0. The summed E-state index contributed by atoms with van der Waals surface area (Å²) in [6.07, 6.45) is 0. The number of hydrogen-bond donors (Lipinski definition) is 0. The van der Waals surface area contributed by atoms with Crippen LogP contribution in [0.15, 0.2) is 18.2 Å². The van der Waals surface area contributed by atoms with E-state index in [1.165, 1.54) is 11.1 Å². The van der Waals surface area contributed by atoms with Gasteiger partial charge in [0.25, 0.3) is 0 Å². The molecule has 0 unspecified atom stereocenters. The predicted octanol–water partition coefficient (Wildman–Crippen LogP) is -1.67. The van der Waals surface area contributed by atoms with Crippen LogP contribution < -0.4 is 43.0 Å². The topological polar surface area (TPSA) is 0 Å². The molecule has 0 spiro atoms. The number of benzene rings is 1. The van der Waals surface area contributed by atoms with Gasteiger partial charge in [-0.15, -0.1) is 6.07 Å². The van der Waals surface area contributed by atoms with Gasteiger partial charge in [0.1, 0.15) is 0 Å². The molecule has 0 amide bonds. The average Bonchev–Trinajstić information content (AvgIpc) is 1.99. The molecule has 0 bridgehead atoms. The van der Waals surface area contributed by atoms with Crippen LogP contribution in [0.25, 0.3) is 0 Å². The molecule has 0 atom stereocenters. The summed E-state index contributed by atoms with van der Waals surface area (Å²) in [5.41, 5.74) is 3.04. The van der Waals surface area contributed by atoms with E-state index in [-0.39, 0.29) is 48.6 Å². The van der Waals surface area contributed by atoms with Gasteiger partial charge < -0.3 is 14.5 Å². The molecule has 3 heteroatoms. The molecule has 1 rings (SSSR count). The summed E-state index contributed by atoms with van der Waals surface area (Å²) in [6, 6.07) is 6.63. The van der Waals surface area contributed by atoms with Crippen molar-refractivity contribution in [3.63, 3.8) is 0 Å². The molecule has 0 aliphatic rings. The molecule has 0 nitrogen and oxygen atoms in total. The minimum absolute atomic E-state index is 0. The SMILES string of the molecule is CC(C)(C)c1ccc(C(C)(C)C)c([P-2])c1.[Li+].[Li+]. The summed E-state index contributed by atoms with van der Waals surface area (Å²) in [6.45, 7) is 13.3. The van der Waals surface area contributed by atoms with Gasteiger partial charge in [0.2, 0.25) is 0 Å². The molecule has 0 heterocycles. The van der Waals surface area contributed by atoms with E-state index in [9.17, 15) is 0 Å². The van der Waals surface area contributed by atoms with Crippen molar-refractivity contribution < 1.29 is 37.7 Å². The first-order valence-electron chi connectivity index (χ1n) is 5.46. The summed E-state index contributed by atoms with van der Waals surface area (Å²) in [7, 11) is 4.59. The van der Waals surface area contributed by atoms with E-state index in [2.05, 4.69) is 69.0 Å². The average molecular weight is 234 g/mol. The minimum Gasteiger partial charge on any atom is -1.45 e. The maximum Gasteiger partial charge on any atom is 1.00 e. The van der Waals surface area contributed by atoms with Crippen LogP contribution in [0.4, 0.5) is 0 Å². The molecule has 1 aromatic rings. The molecule has 0 saturated heterocycles. The van der Waals surface area contributed by atoms with Crippen molar-refractivity contribution in [1.82, 2.24) is 0 Å². The summed E-state index contributed by atoms with van der Waals surface area (Å²) in [5.74, 6) is 0. The third kappa shape index (κ3) is 5.56. The van der Waals surface area contributed by atoms with Crippen LogP contribution >= 0.6 is 9.24 Å². The van der Waals surface area contributed by atoms with Crippen molar-refractivity contribution in [2.24, 2.45) is 0 Å². The third-order valence-corrected chi connectivity index (χ3v) is 3.04. The van der Waals surface area contributed by atoms with Crippen molar-refractivity contribution in [3.05, 3.63) is 29.3 Å². The molecule has 0 fully saturated rings. The molecule has 0 aliphatic carbocycles. The normalized spacial score (nSPS) is 11.5. The van der Waals surface area contributed by atoms with Gasteiger partial charge in [0.15, 0.2) is 0 Å².